The third-order valence-electron chi connectivity index (χ3n) is 3.58. The molecule has 0 unspecified atom stereocenters. The molecule has 0 bridgehead atoms. The summed E-state index contributed by atoms with van der Waals surface area (Å²) in [5, 5.41) is 1.05. The van der Waals surface area contributed by atoms with Crippen LogP contribution in [0.5, 0.6) is 5.75 Å². The summed E-state index contributed by atoms with van der Waals surface area (Å²) in [5.74, 6) is 0.397. The summed E-state index contributed by atoms with van der Waals surface area (Å²) < 4.78 is 10.5. The zero-order valence-corrected chi connectivity index (χ0v) is 13.3. The van der Waals surface area contributed by atoms with Crippen LogP contribution in [0, 0.1) is 0 Å². The van der Waals surface area contributed by atoms with Crippen LogP contribution in [0.15, 0.2) is 66.9 Å². The van der Waals surface area contributed by atoms with Crippen molar-refractivity contribution in [1.82, 2.24) is 4.98 Å². The maximum Gasteiger partial charge on any atom is 0.330 e. The zero-order chi connectivity index (χ0) is 16.8. The number of carbonyl (C=O) groups excluding carboxylic acids is 1. The van der Waals surface area contributed by atoms with Crippen LogP contribution < -0.4 is 4.74 Å². The van der Waals surface area contributed by atoms with Crippen LogP contribution in [0.3, 0.4) is 0 Å². The number of hydrogen-bond donors (Lipinski definition) is 0. The molecule has 0 radical (unpaired) electrons. The van der Waals surface area contributed by atoms with Crippen molar-refractivity contribution < 1.29 is 14.3 Å². The Balaban J connectivity index is 1.68. The predicted molar refractivity (Wildman–Crippen MR) is 93.6 cm³/mol. The van der Waals surface area contributed by atoms with E-state index in [4.69, 9.17) is 4.74 Å². The lowest BCUT2D eigenvalue weighted by molar-refractivity contribution is -0.134. The highest BCUT2D eigenvalue weighted by atomic mass is 16.5. The molecule has 3 rings (SSSR count). The second-order valence-corrected chi connectivity index (χ2v) is 5.22. The van der Waals surface area contributed by atoms with Crippen LogP contribution in [0.1, 0.15) is 11.1 Å². The van der Waals surface area contributed by atoms with Gasteiger partial charge in [0, 0.05) is 17.7 Å². The number of nitrogens with zero attached hydrogens (tertiary/aromatic N) is 1. The van der Waals surface area contributed by atoms with E-state index in [-0.39, 0.29) is 5.97 Å². The maximum atomic E-state index is 11.1. The number of ether oxygens (including phenoxy) is 2. The van der Waals surface area contributed by atoms with Crippen LogP contribution in [0.4, 0.5) is 0 Å². The molecule has 0 amide bonds. The molecule has 120 valence electrons. The van der Waals surface area contributed by atoms with E-state index in [1.165, 1.54) is 13.2 Å². The number of fused-ring (bicyclic) bond motifs is 1. The van der Waals surface area contributed by atoms with Crippen LogP contribution in [0.2, 0.25) is 0 Å². The molecule has 1 aromatic heterocycles. The second kappa shape index (κ2) is 7.42. The van der Waals surface area contributed by atoms with E-state index in [1.54, 1.807) is 12.3 Å². The van der Waals surface area contributed by atoms with Gasteiger partial charge in [-0.2, -0.15) is 0 Å². The van der Waals surface area contributed by atoms with Gasteiger partial charge in [-0.3, -0.25) is 4.98 Å². The highest BCUT2D eigenvalue weighted by Gasteiger charge is 2.03. The Hall–Kier alpha value is -3.14. The Labute approximate surface area is 140 Å². The van der Waals surface area contributed by atoms with Crippen LogP contribution in [-0.2, 0) is 16.1 Å². The van der Waals surface area contributed by atoms with Gasteiger partial charge in [0.15, 0.2) is 0 Å². The minimum atomic E-state index is -0.370. The van der Waals surface area contributed by atoms with E-state index in [0.29, 0.717) is 6.61 Å². The normalized spacial score (nSPS) is 10.9. The summed E-state index contributed by atoms with van der Waals surface area (Å²) in [5.41, 5.74) is 2.83. The molecular formula is C20H17NO3. The fraction of sp³-hybridized carbons (Fsp3) is 0.100. The Morgan fingerprint density at radius 1 is 1.08 bits per heavy atom. The standard InChI is InChI=1S/C20H17NO3/c1-23-19(22)12-11-15-7-9-16(10-8-15)14-24-18-6-2-4-17-5-3-13-21-20(17)18/h2-13H,14H2,1H3. The number of pyridine rings is 1. The van der Waals surface area contributed by atoms with Gasteiger partial charge in [0.05, 0.1) is 7.11 Å². The summed E-state index contributed by atoms with van der Waals surface area (Å²) >= 11 is 0. The summed E-state index contributed by atoms with van der Waals surface area (Å²) in [6.07, 6.45) is 4.87. The Morgan fingerprint density at radius 2 is 1.88 bits per heavy atom. The van der Waals surface area contributed by atoms with Gasteiger partial charge in [0.25, 0.3) is 0 Å². The summed E-state index contributed by atoms with van der Waals surface area (Å²) in [4.78, 5) is 15.5. The number of esters is 1. The van der Waals surface area contributed by atoms with Gasteiger partial charge in [-0.25, -0.2) is 4.79 Å². The number of carbonyl (C=O) groups is 1. The number of aromatic nitrogens is 1. The van der Waals surface area contributed by atoms with Gasteiger partial charge >= 0.3 is 5.97 Å². The molecule has 24 heavy (non-hydrogen) atoms. The molecule has 3 aromatic rings. The van der Waals surface area contributed by atoms with Crippen LogP contribution in [-0.4, -0.2) is 18.1 Å². The Kier molecular flexibility index (Phi) is 4.87. The zero-order valence-electron chi connectivity index (χ0n) is 13.3. The van der Waals surface area contributed by atoms with Gasteiger partial charge in [-0.15, -0.1) is 0 Å². The van der Waals surface area contributed by atoms with E-state index >= 15 is 0 Å². The molecule has 0 fully saturated rings. The maximum absolute atomic E-state index is 11.1. The first-order valence-corrected chi connectivity index (χ1v) is 7.58. The Morgan fingerprint density at radius 3 is 2.67 bits per heavy atom. The third-order valence-corrected chi connectivity index (χ3v) is 3.58. The van der Waals surface area contributed by atoms with Crippen molar-refractivity contribution >= 4 is 22.9 Å². The molecule has 0 aliphatic rings. The number of hydrogen-bond acceptors (Lipinski definition) is 4. The first-order valence-electron chi connectivity index (χ1n) is 7.58. The van der Waals surface area contributed by atoms with Gasteiger partial charge in [-0.1, -0.05) is 42.5 Å². The SMILES string of the molecule is COC(=O)C=Cc1ccc(COc2cccc3cccnc23)cc1. The van der Waals surface area contributed by atoms with Crippen molar-refractivity contribution in [3.63, 3.8) is 0 Å². The molecular weight excluding hydrogens is 302 g/mol. The fourth-order valence-electron chi connectivity index (χ4n) is 2.31. The highest BCUT2D eigenvalue weighted by Crippen LogP contribution is 2.23. The highest BCUT2D eigenvalue weighted by molar-refractivity contribution is 5.87. The van der Waals surface area contributed by atoms with Gasteiger partial charge < -0.3 is 9.47 Å². The van der Waals surface area contributed by atoms with E-state index in [2.05, 4.69) is 9.72 Å². The van der Waals surface area contributed by atoms with E-state index in [9.17, 15) is 4.79 Å². The molecule has 2 aromatic carbocycles. The number of methoxy groups -OCH3 is 1. The summed E-state index contributed by atoms with van der Waals surface area (Å²) in [6.45, 7) is 0.455. The first-order chi connectivity index (χ1) is 11.8. The minimum absolute atomic E-state index is 0.370. The van der Waals surface area contributed by atoms with Crippen molar-refractivity contribution in [2.75, 3.05) is 7.11 Å². The number of benzene rings is 2. The molecule has 0 aliphatic carbocycles. The average Bonchev–Trinajstić information content (AvgIpc) is 2.65. The first kappa shape index (κ1) is 15.7. The van der Waals surface area contributed by atoms with Crippen LogP contribution in [0.25, 0.3) is 17.0 Å². The lowest BCUT2D eigenvalue weighted by Gasteiger charge is -2.09. The molecule has 0 saturated heterocycles. The molecule has 0 saturated carbocycles. The van der Waals surface area contributed by atoms with E-state index < -0.39 is 0 Å². The molecule has 0 aliphatic heterocycles. The second-order valence-electron chi connectivity index (χ2n) is 5.22. The quantitative estimate of drug-likeness (QED) is 0.527. The summed E-state index contributed by atoms with van der Waals surface area (Å²) in [7, 11) is 1.36. The smallest absolute Gasteiger partial charge is 0.330 e. The fourth-order valence-corrected chi connectivity index (χ4v) is 2.31. The van der Waals surface area contributed by atoms with Gasteiger partial charge in [-0.05, 0) is 29.3 Å². The van der Waals surface area contributed by atoms with Crippen molar-refractivity contribution in [3.05, 3.63) is 78.0 Å². The van der Waals surface area contributed by atoms with Gasteiger partial charge in [0.1, 0.15) is 17.9 Å². The predicted octanol–water partition coefficient (Wildman–Crippen LogP) is 4.00. The summed E-state index contributed by atoms with van der Waals surface area (Å²) in [6, 6.07) is 17.6. The largest absolute Gasteiger partial charge is 0.487 e. The molecule has 0 atom stereocenters. The number of rotatable bonds is 5. The average molecular weight is 319 g/mol. The topological polar surface area (TPSA) is 48.4 Å². The monoisotopic (exact) mass is 319 g/mol. The molecule has 0 spiro atoms. The Bertz CT molecular complexity index is 864. The third kappa shape index (κ3) is 3.79. The molecule has 4 nitrogen and oxygen atoms in total. The van der Waals surface area contributed by atoms with Crippen molar-refractivity contribution in [2.24, 2.45) is 0 Å². The lowest BCUT2D eigenvalue weighted by Crippen LogP contribution is -1.97. The van der Waals surface area contributed by atoms with Crippen LogP contribution >= 0.6 is 0 Å². The van der Waals surface area contributed by atoms with Crippen molar-refractivity contribution in [2.45, 2.75) is 6.61 Å². The van der Waals surface area contributed by atoms with E-state index in [1.807, 2.05) is 54.6 Å². The number of para-hydroxylation sites is 1. The lowest BCUT2D eigenvalue weighted by atomic mass is 10.1. The molecule has 4 heteroatoms. The van der Waals surface area contributed by atoms with Crippen molar-refractivity contribution in [1.29, 1.82) is 0 Å². The minimum Gasteiger partial charge on any atom is -0.487 e. The van der Waals surface area contributed by atoms with Gasteiger partial charge in [0.2, 0.25) is 0 Å². The molecule has 0 N–H and O–H groups in total. The van der Waals surface area contributed by atoms with E-state index in [0.717, 1.165) is 27.8 Å². The molecule has 1 heterocycles. The van der Waals surface area contributed by atoms with Crippen molar-refractivity contribution in [3.8, 4) is 5.75 Å².